The molecule has 2 saturated heterocycles. The number of nitriles is 1. The number of thiocarbonyl (C=S) groups is 1. The highest BCUT2D eigenvalue weighted by atomic mass is 32.2. The Morgan fingerprint density at radius 1 is 1.27 bits per heavy atom. The van der Waals surface area contributed by atoms with Gasteiger partial charge in [0.2, 0.25) is 0 Å². The molecule has 2 fully saturated rings. The summed E-state index contributed by atoms with van der Waals surface area (Å²) in [5.74, 6) is 0.612. The van der Waals surface area contributed by atoms with Gasteiger partial charge in [0.05, 0.1) is 17.1 Å². The molecule has 9 heteroatoms. The monoisotopic (exact) mass is 488 g/mol. The molecule has 7 nitrogen and oxygen atoms in total. The fraction of sp³-hybridized carbons (Fsp3) is 0.583. The predicted molar refractivity (Wildman–Crippen MR) is 137 cm³/mol. The molecule has 0 spiro atoms. The summed E-state index contributed by atoms with van der Waals surface area (Å²) < 4.78 is 8.17. The minimum atomic E-state index is -0.280. The van der Waals surface area contributed by atoms with Gasteiger partial charge < -0.3 is 9.64 Å². The van der Waals surface area contributed by atoms with Gasteiger partial charge in [-0.3, -0.25) is 19.1 Å². The number of carbonyl (C=O) groups is 1. The van der Waals surface area contributed by atoms with E-state index in [0.29, 0.717) is 34.4 Å². The number of carbonyl (C=O) groups excluding carboxylic acids is 1. The van der Waals surface area contributed by atoms with E-state index in [9.17, 15) is 14.9 Å². The van der Waals surface area contributed by atoms with E-state index in [1.165, 1.54) is 11.8 Å². The molecule has 33 heavy (non-hydrogen) atoms. The van der Waals surface area contributed by atoms with Gasteiger partial charge in [0, 0.05) is 31.2 Å². The molecule has 178 valence electrons. The Kier molecular flexibility index (Phi) is 8.04. The van der Waals surface area contributed by atoms with Crippen LogP contribution in [0.3, 0.4) is 0 Å². The first-order valence-electron chi connectivity index (χ1n) is 11.5. The molecule has 0 aliphatic carbocycles. The molecule has 2 aliphatic heterocycles. The number of ether oxygens (including phenoxy) is 1. The van der Waals surface area contributed by atoms with Crippen LogP contribution in [0.1, 0.15) is 64.2 Å². The predicted octanol–water partition coefficient (Wildman–Crippen LogP) is 4.05. The van der Waals surface area contributed by atoms with Gasteiger partial charge in [-0.2, -0.15) is 5.26 Å². The summed E-state index contributed by atoms with van der Waals surface area (Å²) in [5, 5.41) is 9.81. The Morgan fingerprint density at radius 2 is 1.91 bits per heavy atom. The van der Waals surface area contributed by atoms with Crippen molar-refractivity contribution >= 4 is 46.1 Å². The summed E-state index contributed by atoms with van der Waals surface area (Å²) in [5.41, 5.74) is 1.16. The molecular weight excluding hydrogens is 456 g/mol. The third kappa shape index (κ3) is 5.03. The Hall–Kier alpha value is -2.15. The largest absolute Gasteiger partial charge is 0.372 e. The quantitative estimate of drug-likeness (QED) is 0.441. The van der Waals surface area contributed by atoms with Crippen LogP contribution in [-0.2, 0) is 16.1 Å². The van der Waals surface area contributed by atoms with Crippen molar-refractivity contribution in [3.8, 4) is 6.07 Å². The number of aromatic nitrogens is 1. The Morgan fingerprint density at radius 3 is 2.42 bits per heavy atom. The average molecular weight is 489 g/mol. The molecule has 0 N–H and O–H groups in total. The number of hydrogen-bond acceptors (Lipinski definition) is 7. The van der Waals surface area contributed by atoms with E-state index in [-0.39, 0.29) is 35.3 Å². The summed E-state index contributed by atoms with van der Waals surface area (Å²) in [6.45, 7) is 13.5. The highest BCUT2D eigenvalue weighted by Gasteiger charge is 2.35. The minimum Gasteiger partial charge on any atom is -0.372 e. The number of anilines is 1. The van der Waals surface area contributed by atoms with Gasteiger partial charge in [-0.05, 0) is 52.7 Å². The maximum atomic E-state index is 13.4. The summed E-state index contributed by atoms with van der Waals surface area (Å²) in [4.78, 5) is 30.8. The second-order valence-electron chi connectivity index (χ2n) is 8.97. The van der Waals surface area contributed by atoms with E-state index < -0.39 is 0 Å². The van der Waals surface area contributed by atoms with Crippen LogP contribution in [0.25, 0.3) is 6.08 Å². The van der Waals surface area contributed by atoms with E-state index in [1.54, 1.807) is 16.4 Å². The molecule has 1 amide bonds. The number of morpholine rings is 1. The summed E-state index contributed by atoms with van der Waals surface area (Å²) in [7, 11) is 0. The van der Waals surface area contributed by atoms with Crippen molar-refractivity contribution in [1.29, 1.82) is 5.26 Å². The number of thioether (sulfide) groups is 1. The number of hydrogen-bond donors (Lipinski definition) is 0. The van der Waals surface area contributed by atoms with Gasteiger partial charge in [-0.25, -0.2) is 0 Å². The van der Waals surface area contributed by atoms with Crippen molar-refractivity contribution in [1.82, 2.24) is 9.47 Å². The van der Waals surface area contributed by atoms with Crippen LogP contribution in [0, 0.1) is 18.3 Å². The molecule has 0 radical (unpaired) electrons. The topological polar surface area (TPSA) is 78.6 Å². The van der Waals surface area contributed by atoms with Crippen LogP contribution in [-0.4, -0.2) is 51.0 Å². The zero-order chi connectivity index (χ0) is 24.4. The second kappa shape index (κ2) is 10.4. The van der Waals surface area contributed by atoms with Crippen LogP contribution in [0.4, 0.5) is 5.82 Å². The Balaban J connectivity index is 2.28. The van der Waals surface area contributed by atoms with Gasteiger partial charge in [-0.15, -0.1) is 0 Å². The van der Waals surface area contributed by atoms with Crippen LogP contribution >= 0.6 is 24.0 Å². The van der Waals surface area contributed by atoms with Crippen molar-refractivity contribution in [3.05, 3.63) is 31.9 Å². The standard InChI is InChI=1S/C24H32N4O3S2/c1-7-8-9-27-21(26-12-15(4)31-16(5)13-26)18(17(6)19(11-25)22(27)29)10-20-23(30)28(14(2)3)24(32)33-20/h10,14-16H,7-9,12-13H2,1-6H3/b20-10-. The molecule has 3 rings (SSSR count). The smallest absolute Gasteiger partial charge is 0.270 e. The average Bonchev–Trinajstić information content (AvgIpc) is 3.01. The normalized spacial score (nSPS) is 22.5. The van der Waals surface area contributed by atoms with E-state index in [1.807, 2.05) is 33.8 Å². The lowest BCUT2D eigenvalue weighted by Crippen LogP contribution is -2.48. The molecule has 1 aromatic rings. The summed E-state index contributed by atoms with van der Waals surface area (Å²) in [6.07, 6.45) is 3.53. The van der Waals surface area contributed by atoms with Gasteiger partial charge in [0.15, 0.2) is 0 Å². The third-order valence-electron chi connectivity index (χ3n) is 5.92. The number of pyridine rings is 1. The summed E-state index contributed by atoms with van der Waals surface area (Å²) in [6, 6.07) is 2.06. The summed E-state index contributed by atoms with van der Waals surface area (Å²) >= 11 is 6.72. The molecule has 1 aromatic heterocycles. The lowest BCUT2D eigenvalue weighted by Gasteiger charge is -2.39. The SMILES string of the molecule is CCCCn1c(N2CC(C)OC(C)C2)c(/C=C2\SC(=S)N(C(C)C)C2=O)c(C)c(C#N)c1=O. The van der Waals surface area contributed by atoms with Crippen molar-refractivity contribution < 1.29 is 9.53 Å². The van der Waals surface area contributed by atoms with E-state index in [4.69, 9.17) is 17.0 Å². The highest BCUT2D eigenvalue weighted by Crippen LogP contribution is 2.37. The fourth-order valence-corrected chi connectivity index (χ4v) is 5.92. The second-order valence-corrected chi connectivity index (χ2v) is 10.6. The lowest BCUT2D eigenvalue weighted by atomic mass is 10.0. The number of nitrogens with zero attached hydrogens (tertiary/aromatic N) is 4. The van der Waals surface area contributed by atoms with Crippen LogP contribution < -0.4 is 10.5 Å². The molecule has 0 aromatic carbocycles. The number of unbranched alkanes of at least 4 members (excludes halogenated alkanes) is 1. The third-order valence-corrected chi connectivity index (χ3v) is 7.25. The van der Waals surface area contributed by atoms with Crippen LogP contribution in [0.5, 0.6) is 0 Å². The van der Waals surface area contributed by atoms with Gasteiger partial charge in [0.1, 0.15) is 21.8 Å². The van der Waals surface area contributed by atoms with Gasteiger partial charge in [0.25, 0.3) is 11.5 Å². The van der Waals surface area contributed by atoms with Gasteiger partial charge in [-0.1, -0.05) is 37.3 Å². The fourth-order valence-electron chi connectivity index (χ4n) is 4.42. The number of rotatable bonds is 6. The molecule has 3 heterocycles. The van der Waals surface area contributed by atoms with E-state index in [0.717, 1.165) is 24.2 Å². The van der Waals surface area contributed by atoms with Crippen LogP contribution in [0.15, 0.2) is 9.70 Å². The van der Waals surface area contributed by atoms with Crippen molar-refractivity contribution in [2.45, 2.75) is 79.2 Å². The maximum Gasteiger partial charge on any atom is 0.270 e. The molecule has 2 aliphatic rings. The lowest BCUT2D eigenvalue weighted by molar-refractivity contribution is -0.123. The van der Waals surface area contributed by atoms with E-state index in [2.05, 4.69) is 17.9 Å². The minimum absolute atomic E-state index is 0.00794. The first-order chi connectivity index (χ1) is 15.6. The van der Waals surface area contributed by atoms with E-state index >= 15 is 0 Å². The Labute approximate surface area is 205 Å². The molecule has 0 bridgehead atoms. The van der Waals surface area contributed by atoms with Crippen molar-refractivity contribution in [2.75, 3.05) is 18.0 Å². The van der Waals surface area contributed by atoms with Crippen LogP contribution in [0.2, 0.25) is 0 Å². The first-order valence-corrected chi connectivity index (χ1v) is 12.7. The molecule has 0 saturated carbocycles. The maximum absolute atomic E-state index is 13.4. The highest BCUT2D eigenvalue weighted by molar-refractivity contribution is 8.26. The molecule has 2 atom stereocenters. The molecular formula is C24H32N4O3S2. The van der Waals surface area contributed by atoms with Gasteiger partial charge >= 0.3 is 0 Å². The zero-order valence-corrected chi connectivity index (χ0v) is 21.8. The van der Waals surface area contributed by atoms with Crippen molar-refractivity contribution in [2.24, 2.45) is 0 Å². The molecule has 2 unspecified atom stereocenters. The zero-order valence-electron chi connectivity index (χ0n) is 20.2. The Bertz CT molecular complexity index is 1080. The van der Waals surface area contributed by atoms with Crippen molar-refractivity contribution in [3.63, 3.8) is 0 Å². The number of amides is 1. The first kappa shape index (κ1) is 25.5.